The van der Waals surface area contributed by atoms with Gasteiger partial charge in [-0.3, -0.25) is 0 Å². The van der Waals surface area contributed by atoms with Crippen LogP contribution in [0.5, 0.6) is 5.75 Å². The first kappa shape index (κ1) is 11.0. The molecule has 3 heteroatoms. The molecule has 2 aromatic carbocycles. The SMILES string of the molecule is Nc1cc(O)ccc1Cc1ccc(Br)cc1. The van der Waals surface area contributed by atoms with E-state index in [1.165, 1.54) is 5.56 Å². The highest BCUT2D eigenvalue weighted by Gasteiger charge is 2.01. The van der Waals surface area contributed by atoms with E-state index in [1.807, 2.05) is 18.2 Å². The van der Waals surface area contributed by atoms with Crippen LogP contribution in [0.15, 0.2) is 46.9 Å². The Kier molecular flexibility index (Phi) is 3.15. The molecule has 2 rings (SSSR count). The van der Waals surface area contributed by atoms with Crippen LogP contribution in [0, 0.1) is 0 Å². The Morgan fingerprint density at radius 1 is 1.06 bits per heavy atom. The second kappa shape index (κ2) is 4.58. The molecule has 0 amide bonds. The molecule has 0 saturated carbocycles. The van der Waals surface area contributed by atoms with Gasteiger partial charge in [0.15, 0.2) is 0 Å². The van der Waals surface area contributed by atoms with E-state index in [0.29, 0.717) is 5.69 Å². The highest BCUT2D eigenvalue weighted by atomic mass is 79.9. The molecule has 16 heavy (non-hydrogen) atoms. The van der Waals surface area contributed by atoms with Crippen LogP contribution < -0.4 is 5.73 Å². The lowest BCUT2D eigenvalue weighted by molar-refractivity contribution is 0.475. The minimum atomic E-state index is 0.206. The van der Waals surface area contributed by atoms with Crippen molar-refractivity contribution in [1.29, 1.82) is 0 Å². The summed E-state index contributed by atoms with van der Waals surface area (Å²) in [5.74, 6) is 0.206. The van der Waals surface area contributed by atoms with Crippen molar-refractivity contribution in [2.75, 3.05) is 5.73 Å². The zero-order valence-corrected chi connectivity index (χ0v) is 10.2. The van der Waals surface area contributed by atoms with Gasteiger partial charge in [-0.1, -0.05) is 34.1 Å². The third-order valence-corrected chi connectivity index (χ3v) is 2.97. The van der Waals surface area contributed by atoms with Gasteiger partial charge >= 0.3 is 0 Å². The van der Waals surface area contributed by atoms with Crippen molar-refractivity contribution in [1.82, 2.24) is 0 Å². The molecule has 0 fully saturated rings. The molecule has 82 valence electrons. The Hall–Kier alpha value is -1.48. The molecule has 0 saturated heterocycles. The molecule has 0 radical (unpaired) electrons. The zero-order chi connectivity index (χ0) is 11.5. The number of phenols is 1. The number of hydrogen-bond acceptors (Lipinski definition) is 2. The molecule has 0 aliphatic carbocycles. The summed E-state index contributed by atoms with van der Waals surface area (Å²) in [6.45, 7) is 0. The summed E-state index contributed by atoms with van der Waals surface area (Å²) < 4.78 is 1.06. The molecule has 0 atom stereocenters. The van der Waals surface area contributed by atoms with Gasteiger partial charge in [0.05, 0.1) is 0 Å². The summed E-state index contributed by atoms with van der Waals surface area (Å²) in [6, 6.07) is 13.2. The van der Waals surface area contributed by atoms with E-state index in [-0.39, 0.29) is 5.75 Å². The summed E-state index contributed by atoms with van der Waals surface area (Å²) in [6.07, 6.45) is 0.777. The van der Waals surface area contributed by atoms with Crippen molar-refractivity contribution in [3.63, 3.8) is 0 Å². The van der Waals surface area contributed by atoms with Crippen molar-refractivity contribution in [2.45, 2.75) is 6.42 Å². The molecule has 0 unspecified atom stereocenters. The second-order valence-electron chi connectivity index (χ2n) is 3.69. The smallest absolute Gasteiger partial charge is 0.117 e. The Labute approximate surface area is 103 Å². The van der Waals surface area contributed by atoms with Crippen LogP contribution in [0.2, 0.25) is 0 Å². The highest BCUT2D eigenvalue weighted by molar-refractivity contribution is 9.10. The van der Waals surface area contributed by atoms with Crippen LogP contribution >= 0.6 is 15.9 Å². The van der Waals surface area contributed by atoms with Gasteiger partial charge in [0, 0.05) is 16.2 Å². The Morgan fingerprint density at radius 3 is 2.38 bits per heavy atom. The van der Waals surface area contributed by atoms with Crippen LogP contribution in [0.1, 0.15) is 11.1 Å². The molecule has 3 N–H and O–H groups in total. The third kappa shape index (κ3) is 2.55. The van der Waals surface area contributed by atoms with E-state index >= 15 is 0 Å². The van der Waals surface area contributed by atoms with E-state index in [4.69, 9.17) is 5.73 Å². The lowest BCUT2D eigenvalue weighted by Crippen LogP contribution is -1.95. The van der Waals surface area contributed by atoms with Gasteiger partial charge < -0.3 is 10.8 Å². The fraction of sp³-hybridized carbons (Fsp3) is 0.0769. The maximum atomic E-state index is 9.25. The van der Waals surface area contributed by atoms with Crippen molar-refractivity contribution in [3.05, 3.63) is 58.1 Å². The number of benzene rings is 2. The first-order valence-corrected chi connectivity index (χ1v) is 5.76. The van der Waals surface area contributed by atoms with Crippen molar-refractivity contribution in [2.24, 2.45) is 0 Å². The van der Waals surface area contributed by atoms with Gasteiger partial charge in [0.1, 0.15) is 5.75 Å². The fourth-order valence-electron chi connectivity index (χ4n) is 1.57. The molecule has 0 spiro atoms. The lowest BCUT2D eigenvalue weighted by Gasteiger charge is -2.06. The molecular weight excluding hydrogens is 266 g/mol. The molecular formula is C13H12BrNO. The first-order chi connectivity index (χ1) is 7.65. The van der Waals surface area contributed by atoms with Gasteiger partial charge in [-0.05, 0) is 35.7 Å². The van der Waals surface area contributed by atoms with Gasteiger partial charge in [0.2, 0.25) is 0 Å². The molecule has 0 heterocycles. The maximum absolute atomic E-state index is 9.25. The monoisotopic (exact) mass is 277 g/mol. The quantitative estimate of drug-likeness (QED) is 0.828. The second-order valence-corrected chi connectivity index (χ2v) is 4.60. The van der Waals surface area contributed by atoms with Crippen LogP contribution in [0.25, 0.3) is 0 Å². The zero-order valence-electron chi connectivity index (χ0n) is 8.65. The number of anilines is 1. The molecule has 2 nitrogen and oxygen atoms in total. The molecule has 2 aromatic rings. The van der Waals surface area contributed by atoms with Gasteiger partial charge in [-0.25, -0.2) is 0 Å². The van der Waals surface area contributed by atoms with E-state index < -0.39 is 0 Å². The van der Waals surface area contributed by atoms with Crippen molar-refractivity contribution >= 4 is 21.6 Å². The minimum absolute atomic E-state index is 0.206. The standard InChI is InChI=1S/C13H12BrNO/c14-11-4-1-9(2-5-11)7-10-3-6-12(16)8-13(10)15/h1-6,8,16H,7,15H2. The maximum Gasteiger partial charge on any atom is 0.117 e. The average Bonchev–Trinajstić information content (AvgIpc) is 2.25. The number of halogens is 1. The van der Waals surface area contributed by atoms with Crippen molar-refractivity contribution < 1.29 is 5.11 Å². The number of rotatable bonds is 2. The number of hydrogen-bond donors (Lipinski definition) is 2. The van der Waals surface area contributed by atoms with Gasteiger partial charge in [-0.15, -0.1) is 0 Å². The summed E-state index contributed by atoms with van der Waals surface area (Å²) in [7, 11) is 0. The van der Waals surface area contributed by atoms with E-state index in [9.17, 15) is 5.11 Å². The van der Waals surface area contributed by atoms with E-state index in [0.717, 1.165) is 16.5 Å². The topological polar surface area (TPSA) is 46.2 Å². The van der Waals surface area contributed by atoms with E-state index in [1.54, 1.807) is 12.1 Å². The Morgan fingerprint density at radius 2 is 1.75 bits per heavy atom. The van der Waals surface area contributed by atoms with Crippen LogP contribution in [-0.2, 0) is 6.42 Å². The largest absolute Gasteiger partial charge is 0.508 e. The first-order valence-electron chi connectivity index (χ1n) is 4.97. The van der Waals surface area contributed by atoms with Gasteiger partial charge in [-0.2, -0.15) is 0 Å². The summed E-state index contributed by atoms with van der Waals surface area (Å²) in [5, 5.41) is 9.25. The molecule has 0 aromatic heterocycles. The lowest BCUT2D eigenvalue weighted by atomic mass is 10.0. The average molecular weight is 278 g/mol. The number of phenolic OH excluding ortho intramolecular Hbond substituents is 1. The fourth-order valence-corrected chi connectivity index (χ4v) is 1.83. The summed E-state index contributed by atoms with van der Waals surface area (Å²) in [5.41, 5.74) is 8.68. The predicted molar refractivity (Wildman–Crippen MR) is 69.5 cm³/mol. The van der Waals surface area contributed by atoms with Crippen molar-refractivity contribution in [3.8, 4) is 5.75 Å². The molecule has 0 bridgehead atoms. The van der Waals surface area contributed by atoms with Crippen LogP contribution in [-0.4, -0.2) is 5.11 Å². The van der Waals surface area contributed by atoms with Crippen LogP contribution in [0.3, 0.4) is 0 Å². The van der Waals surface area contributed by atoms with Crippen LogP contribution in [0.4, 0.5) is 5.69 Å². The number of aromatic hydroxyl groups is 1. The van der Waals surface area contributed by atoms with E-state index in [2.05, 4.69) is 28.1 Å². The molecule has 0 aliphatic heterocycles. The summed E-state index contributed by atoms with van der Waals surface area (Å²) >= 11 is 3.40. The Balaban J connectivity index is 2.23. The number of nitrogens with two attached hydrogens (primary N) is 1. The minimum Gasteiger partial charge on any atom is -0.508 e. The number of nitrogen functional groups attached to an aromatic ring is 1. The third-order valence-electron chi connectivity index (χ3n) is 2.44. The Bertz CT molecular complexity index is 494. The van der Waals surface area contributed by atoms with Gasteiger partial charge in [0.25, 0.3) is 0 Å². The summed E-state index contributed by atoms with van der Waals surface area (Å²) in [4.78, 5) is 0. The highest BCUT2D eigenvalue weighted by Crippen LogP contribution is 2.22. The predicted octanol–water partition coefficient (Wildman–Crippen LogP) is 3.33. The molecule has 0 aliphatic rings. The normalized spacial score (nSPS) is 10.3.